The van der Waals surface area contributed by atoms with Crippen molar-refractivity contribution in [2.75, 3.05) is 13.4 Å². The van der Waals surface area contributed by atoms with E-state index in [0.29, 0.717) is 21.2 Å². The average Bonchev–Trinajstić information content (AvgIpc) is 2.25. The Morgan fingerprint density at radius 3 is 2.17 bits per heavy atom. The van der Waals surface area contributed by atoms with Gasteiger partial charge in [0.1, 0.15) is 6.61 Å². The smallest absolute Gasteiger partial charge is 0.411 e. The number of rotatable bonds is 5. The highest BCUT2D eigenvalue weighted by Crippen LogP contribution is 2.34. The second-order valence-corrected chi connectivity index (χ2v) is 5.03. The minimum atomic E-state index is -4.36. The Hall–Kier alpha value is -0.310. The lowest BCUT2D eigenvalue weighted by molar-refractivity contribution is -0.186. The zero-order valence-electron chi connectivity index (χ0n) is 9.06. The van der Waals surface area contributed by atoms with Crippen molar-refractivity contribution in [2.45, 2.75) is 12.7 Å². The molecular formula is C10H10Br2F3NO2. The third-order valence-electron chi connectivity index (χ3n) is 1.85. The quantitative estimate of drug-likeness (QED) is 0.615. The first kappa shape index (κ1) is 15.7. The van der Waals surface area contributed by atoms with E-state index < -0.39 is 19.6 Å². The van der Waals surface area contributed by atoms with E-state index >= 15 is 0 Å². The molecule has 0 saturated carbocycles. The molecule has 0 heterocycles. The summed E-state index contributed by atoms with van der Waals surface area (Å²) in [4.78, 5) is 0. The van der Waals surface area contributed by atoms with Gasteiger partial charge in [-0.2, -0.15) is 13.2 Å². The lowest BCUT2D eigenvalue weighted by Gasteiger charge is -2.12. The van der Waals surface area contributed by atoms with Crippen LogP contribution in [0.15, 0.2) is 21.1 Å². The monoisotopic (exact) mass is 391 g/mol. The summed E-state index contributed by atoms with van der Waals surface area (Å²) in [5, 5.41) is 0. The fourth-order valence-electron chi connectivity index (χ4n) is 1.13. The molecule has 0 radical (unpaired) electrons. The van der Waals surface area contributed by atoms with Crippen molar-refractivity contribution in [3.8, 4) is 5.75 Å². The highest BCUT2D eigenvalue weighted by molar-refractivity contribution is 9.11. The van der Waals surface area contributed by atoms with Gasteiger partial charge in [-0.3, -0.25) is 0 Å². The predicted octanol–water partition coefficient (Wildman–Crippen LogP) is 3.59. The van der Waals surface area contributed by atoms with Crippen molar-refractivity contribution < 1.29 is 22.6 Å². The molecule has 0 saturated heterocycles. The summed E-state index contributed by atoms with van der Waals surface area (Å²) >= 11 is 6.48. The number of halogens is 5. The third-order valence-corrected chi connectivity index (χ3v) is 3.02. The van der Waals surface area contributed by atoms with E-state index in [0.717, 1.165) is 5.56 Å². The van der Waals surface area contributed by atoms with Crippen LogP contribution in [0.2, 0.25) is 0 Å². The zero-order chi connectivity index (χ0) is 13.8. The molecule has 3 nitrogen and oxygen atoms in total. The molecule has 1 aromatic rings. The molecule has 0 unspecified atom stereocenters. The highest BCUT2D eigenvalue weighted by atomic mass is 79.9. The first-order chi connectivity index (χ1) is 8.33. The first-order valence-corrected chi connectivity index (χ1v) is 6.37. The fraction of sp³-hybridized carbons (Fsp3) is 0.400. The van der Waals surface area contributed by atoms with Gasteiger partial charge in [0.15, 0.2) is 12.5 Å². The summed E-state index contributed by atoms with van der Waals surface area (Å²) in [6, 6.07) is 3.45. The van der Waals surface area contributed by atoms with Crippen LogP contribution in [-0.2, 0) is 11.3 Å². The molecule has 1 aromatic carbocycles. The van der Waals surface area contributed by atoms with Gasteiger partial charge in [0.05, 0.1) is 8.95 Å². The minimum absolute atomic E-state index is 0.349. The normalized spacial score (nSPS) is 11.7. The van der Waals surface area contributed by atoms with Gasteiger partial charge in [0, 0.05) is 6.54 Å². The summed E-state index contributed by atoms with van der Waals surface area (Å²) in [5.74, 6) is 0.370. The number of hydrogen-bond acceptors (Lipinski definition) is 3. The van der Waals surface area contributed by atoms with Crippen molar-refractivity contribution in [1.82, 2.24) is 0 Å². The van der Waals surface area contributed by atoms with E-state index in [1.54, 1.807) is 12.1 Å². The van der Waals surface area contributed by atoms with Crippen molar-refractivity contribution in [3.05, 3.63) is 26.6 Å². The van der Waals surface area contributed by atoms with Gasteiger partial charge in [-0.15, -0.1) is 0 Å². The number of benzene rings is 1. The van der Waals surface area contributed by atoms with E-state index in [2.05, 4.69) is 36.6 Å². The van der Waals surface area contributed by atoms with Crippen LogP contribution in [0.25, 0.3) is 0 Å². The van der Waals surface area contributed by atoms with Gasteiger partial charge in [-0.25, -0.2) is 0 Å². The van der Waals surface area contributed by atoms with Crippen LogP contribution in [-0.4, -0.2) is 19.6 Å². The number of ether oxygens (including phenoxy) is 2. The molecule has 1 rings (SSSR count). The maximum Gasteiger partial charge on any atom is 0.411 e. The van der Waals surface area contributed by atoms with Crippen LogP contribution in [0.4, 0.5) is 13.2 Å². The maximum absolute atomic E-state index is 11.8. The average molecular weight is 393 g/mol. The van der Waals surface area contributed by atoms with Crippen molar-refractivity contribution in [2.24, 2.45) is 5.73 Å². The number of nitrogens with two attached hydrogens (primary N) is 1. The Morgan fingerprint density at radius 2 is 1.72 bits per heavy atom. The molecule has 18 heavy (non-hydrogen) atoms. The van der Waals surface area contributed by atoms with Crippen molar-refractivity contribution in [3.63, 3.8) is 0 Å². The molecule has 0 amide bonds. The Balaban J connectivity index is 2.57. The lowest BCUT2D eigenvalue weighted by atomic mass is 10.2. The maximum atomic E-state index is 11.8. The first-order valence-electron chi connectivity index (χ1n) is 4.79. The molecule has 0 fully saturated rings. The molecule has 8 heteroatoms. The van der Waals surface area contributed by atoms with Crippen LogP contribution < -0.4 is 10.5 Å². The largest absolute Gasteiger partial charge is 0.465 e. The molecule has 102 valence electrons. The van der Waals surface area contributed by atoms with Crippen molar-refractivity contribution >= 4 is 31.9 Å². The van der Waals surface area contributed by atoms with E-state index in [4.69, 9.17) is 10.5 Å². The Morgan fingerprint density at radius 1 is 1.17 bits per heavy atom. The molecule has 0 atom stereocenters. The van der Waals surface area contributed by atoms with Crippen LogP contribution in [0, 0.1) is 0 Å². The predicted molar refractivity (Wildman–Crippen MR) is 67.2 cm³/mol. The molecule has 0 aliphatic carbocycles. The van der Waals surface area contributed by atoms with Gasteiger partial charge < -0.3 is 15.2 Å². The molecule has 0 aromatic heterocycles. The van der Waals surface area contributed by atoms with E-state index in [1.165, 1.54) is 0 Å². The molecule has 0 spiro atoms. The van der Waals surface area contributed by atoms with Crippen LogP contribution in [0.1, 0.15) is 5.56 Å². The minimum Gasteiger partial charge on any atom is -0.465 e. The molecule has 0 aliphatic heterocycles. The number of alkyl halides is 3. The zero-order valence-corrected chi connectivity index (χ0v) is 12.2. The third kappa shape index (κ3) is 5.13. The van der Waals surface area contributed by atoms with Crippen LogP contribution >= 0.6 is 31.9 Å². The molecule has 0 aliphatic rings. The summed E-state index contributed by atoms with van der Waals surface area (Å²) in [6.45, 7) is -1.48. The lowest BCUT2D eigenvalue weighted by Crippen LogP contribution is -2.19. The van der Waals surface area contributed by atoms with E-state index in [9.17, 15) is 13.2 Å². The van der Waals surface area contributed by atoms with Gasteiger partial charge >= 0.3 is 6.18 Å². The van der Waals surface area contributed by atoms with Crippen LogP contribution in [0.5, 0.6) is 5.75 Å². The van der Waals surface area contributed by atoms with E-state index in [1.807, 2.05) is 0 Å². The van der Waals surface area contributed by atoms with Gasteiger partial charge in [-0.1, -0.05) is 0 Å². The van der Waals surface area contributed by atoms with E-state index in [-0.39, 0.29) is 0 Å². The van der Waals surface area contributed by atoms with Gasteiger partial charge in [0.25, 0.3) is 0 Å². The summed E-state index contributed by atoms with van der Waals surface area (Å²) in [7, 11) is 0. The fourth-order valence-corrected chi connectivity index (χ4v) is 2.64. The highest BCUT2D eigenvalue weighted by Gasteiger charge is 2.27. The second-order valence-electron chi connectivity index (χ2n) is 3.32. The summed E-state index contributed by atoms with van der Waals surface area (Å²) < 4.78 is 46.1. The summed E-state index contributed by atoms with van der Waals surface area (Å²) in [6.07, 6.45) is -4.36. The standard InChI is InChI=1S/C10H10Br2F3NO2/c11-7-1-6(3-16)2-8(12)9(7)18-5-17-4-10(13,14)15/h1-2H,3-5,16H2. The van der Waals surface area contributed by atoms with Crippen molar-refractivity contribution in [1.29, 1.82) is 0 Å². The molecule has 0 bridgehead atoms. The van der Waals surface area contributed by atoms with Crippen LogP contribution in [0.3, 0.4) is 0 Å². The number of hydrogen-bond donors (Lipinski definition) is 1. The summed E-state index contributed by atoms with van der Waals surface area (Å²) in [5.41, 5.74) is 6.33. The Bertz CT molecular complexity index is 390. The Labute approximate surface area is 119 Å². The molecular weight excluding hydrogens is 383 g/mol. The second kappa shape index (κ2) is 6.74. The van der Waals surface area contributed by atoms with Gasteiger partial charge in [0.2, 0.25) is 0 Å². The Kier molecular flexibility index (Phi) is 5.90. The SMILES string of the molecule is NCc1cc(Br)c(OCOCC(F)(F)F)c(Br)c1. The molecule has 2 N–H and O–H groups in total. The topological polar surface area (TPSA) is 44.5 Å². The van der Waals surface area contributed by atoms with Gasteiger partial charge in [-0.05, 0) is 49.6 Å².